The van der Waals surface area contributed by atoms with Crippen molar-refractivity contribution in [1.29, 1.82) is 0 Å². The first-order valence-corrected chi connectivity index (χ1v) is 7.98. The number of nitrogens with two attached hydrogens (primary N) is 1. The Bertz CT molecular complexity index is 655. The monoisotopic (exact) mass is 265 g/mol. The van der Waals surface area contributed by atoms with Gasteiger partial charge in [0.2, 0.25) is 0 Å². The van der Waals surface area contributed by atoms with Crippen molar-refractivity contribution >= 4 is 10.8 Å². The third kappa shape index (κ3) is 1.66. The summed E-state index contributed by atoms with van der Waals surface area (Å²) in [4.78, 5) is 0. The minimum atomic E-state index is 0.176. The highest BCUT2D eigenvalue weighted by Crippen LogP contribution is 2.48. The van der Waals surface area contributed by atoms with Crippen LogP contribution in [0.4, 0.5) is 0 Å². The fraction of sp³-hybridized carbons (Fsp3) is 0.474. The van der Waals surface area contributed by atoms with Gasteiger partial charge in [0.1, 0.15) is 0 Å². The zero-order chi connectivity index (χ0) is 13.7. The van der Waals surface area contributed by atoms with Gasteiger partial charge in [-0.25, -0.2) is 0 Å². The van der Waals surface area contributed by atoms with Crippen LogP contribution in [-0.4, -0.2) is 0 Å². The van der Waals surface area contributed by atoms with Gasteiger partial charge in [0, 0.05) is 6.04 Å². The van der Waals surface area contributed by atoms with Crippen LogP contribution in [-0.2, 0) is 12.8 Å². The Hall–Kier alpha value is -1.34. The third-order valence-corrected chi connectivity index (χ3v) is 5.74. The molecule has 1 fully saturated rings. The van der Waals surface area contributed by atoms with Crippen LogP contribution in [0.5, 0.6) is 0 Å². The lowest BCUT2D eigenvalue weighted by molar-refractivity contribution is 0.267. The van der Waals surface area contributed by atoms with Crippen molar-refractivity contribution in [2.75, 3.05) is 0 Å². The SMILES string of the molecule is CC1(C(N)c2ccc3c4c(cccc24)CC3)CCCC1. The first-order valence-electron chi connectivity index (χ1n) is 7.98. The van der Waals surface area contributed by atoms with E-state index in [1.165, 1.54) is 66.0 Å². The van der Waals surface area contributed by atoms with Gasteiger partial charge in [-0.05, 0) is 58.6 Å². The molecule has 0 aliphatic heterocycles. The van der Waals surface area contributed by atoms with Crippen molar-refractivity contribution < 1.29 is 0 Å². The van der Waals surface area contributed by atoms with Gasteiger partial charge in [0.15, 0.2) is 0 Å². The van der Waals surface area contributed by atoms with Crippen molar-refractivity contribution in [3.63, 3.8) is 0 Å². The summed E-state index contributed by atoms with van der Waals surface area (Å²) in [5.74, 6) is 0. The van der Waals surface area contributed by atoms with Gasteiger partial charge in [-0.3, -0.25) is 0 Å². The second-order valence-corrected chi connectivity index (χ2v) is 6.99. The highest BCUT2D eigenvalue weighted by molar-refractivity contribution is 5.93. The van der Waals surface area contributed by atoms with Crippen LogP contribution < -0.4 is 5.73 Å². The Labute approximate surface area is 121 Å². The summed E-state index contributed by atoms with van der Waals surface area (Å²) in [6, 6.07) is 11.6. The van der Waals surface area contributed by atoms with Crippen LogP contribution in [0.15, 0.2) is 30.3 Å². The molecule has 1 saturated carbocycles. The zero-order valence-corrected chi connectivity index (χ0v) is 12.3. The minimum Gasteiger partial charge on any atom is -0.323 e. The van der Waals surface area contributed by atoms with E-state index in [0.29, 0.717) is 5.41 Å². The van der Waals surface area contributed by atoms with Gasteiger partial charge in [-0.1, -0.05) is 50.1 Å². The summed E-state index contributed by atoms with van der Waals surface area (Å²) >= 11 is 0. The molecule has 2 aromatic carbocycles. The summed E-state index contributed by atoms with van der Waals surface area (Å²) < 4.78 is 0. The molecule has 0 aromatic heterocycles. The van der Waals surface area contributed by atoms with E-state index in [1.54, 1.807) is 0 Å². The van der Waals surface area contributed by atoms with Crippen LogP contribution in [0.3, 0.4) is 0 Å². The third-order valence-electron chi connectivity index (χ3n) is 5.74. The Morgan fingerprint density at radius 2 is 1.70 bits per heavy atom. The Balaban J connectivity index is 1.89. The van der Waals surface area contributed by atoms with Gasteiger partial charge in [0.05, 0.1) is 0 Å². The molecule has 104 valence electrons. The molecule has 0 bridgehead atoms. The highest BCUT2D eigenvalue weighted by Gasteiger charge is 2.36. The maximum Gasteiger partial charge on any atom is 0.0355 e. The van der Waals surface area contributed by atoms with E-state index in [0.717, 1.165) is 0 Å². The van der Waals surface area contributed by atoms with E-state index < -0.39 is 0 Å². The lowest BCUT2D eigenvalue weighted by Crippen LogP contribution is -2.29. The molecule has 4 rings (SSSR count). The van der Waals surface area contributed by atoms with Crippen molar-refractivity contribution in [1.82, 2.24) is 0 Å². The molecule has 0 amide bonds. The molecule has 20 heavy (non-hydrogen) atoms. The average molecular weight is 265 g/mol. The Morgan fingerprint density at radius 3 is 2.45 bits per heavy atom. The van der Waals surface area contributed by atoms with Gasteiger partial charge >= 0.3 is 0 Å². The van der Waals surface area contributed by atoms with Gasteiger partial charge in [0.25, 0.3) is 0 Å². The summed E-state index contributed by atoms with van der Waals surface area (Å²) in [5, 5.41) is 2.92. The molecule has 2 aliphatic carbocycles. The Kier molecular flexibility index (Phi) is 2.68. The van der Waals surface area contributed by atoms with Crippen LogP contribution >= 0.6 is 0 Å². The molecule has 0 saturated heterocycles. The molecule has 0 heterocycles. The quantitative estimate of drug-likeness (QED) is 0.849. The van der Waals surface area contributed by atoms with Crippen LogP contribution in [0.2, 0.25) is 0 Å². The van der Waals surface area contributed by atoms with Gasteiger partial charge in [-0.2, -0.15) is 0 Å². The maximum atomic E-state index is 6.72. The lowest BCUT2D eigenvalue weighted by Gasteiger charge is -2.32. The number of aryl methyl sites for hydroxylation is 2. The predicted molar refractivity (Wildman–Crippen MR) is 84.9 cm³/mol. The maximum absolute atomic E-state index is 6.72. The molecule has 1 atom stereocenters. The highest BCUT2D eigenvalue weighted by atomic mass is 14.7. The first kappa shape index (κ1) is 12.4. The number of benzene rings is 2. The largest absolute Gasteiger partial charge is 0.323 e. The summed E-state index contributed by atoms with van der Waals surface area (Å²) in [7, 11) is 0. The second-order valence-electron chi connectivity index (χ2n) is 6.99. The normalized spacial score (nSPS) is 21.5. The van der Waals surface area contributed by atoms with Crippen molar-refractivity contribution in [3.05, 3.63) is 47.0 Å². The van der Waals surface area contributed by atoms with Crippen LogP contribution in [0.25, 0.3) is 10.8 Å². The topological polar surface area (TPSA) is 26.0 Å². The van der Waals surface area contributed by atoms with Crippen LogP contribution in [0, 0.1) is 5.41 Å². The summed E-state index contributed by atoms with van der Waals surface area (Å²) in [6.45, 7) is 2.38. The second kappa shape index (κ2) is 4.33. The predicted octanol–water partition coefficient (Wildman–Crippen LogP) is 4.52. The molecule has 1 unspecified atom stereocenters. The number of rotatable bonds is 2. The Morgan fingerprint density at radius 1 is 1.00 bits per heavy atom. The van der Waals surface area contributed by atoms with E-state index in [2.05, 4.69) is 37.3 Å². The minimum absolute atomic E-state index is 0.176. The molecular formula is C19H23N. The smallest absolute Gasteiger partial charge is 0.0355 e. The fourth-order valence-electron chi connectivity index (χ4n) is 4.41. The molecule has 0 radical (unpaired) electrons. The molecule has 0 spiro atoms. The van der Waals surface area contributed by atoms with Gasteiger partial charge in [-0.15, -0.1) is 0 Å². The van der Waals surface area contributed by atoms with Crippen molar-refractivity contribution in [3.8, 4) is 0 Å². The molecular weight excluding hydrogens is 242 g/mol. The fourth-order valence-corrected chi connectivity index (χ4v) is 4.41. The van der Waals surface area contributed by atoms with Crippen molar-refractivity contribution in [2.24, 2.45) is 11.1 Å². The van der Waals surface area contributed by atoms with Crippen LogP contribution in [0.1, 0.15) is 55.3 Å². The molecule has 1 heteroatoms. The molecule has 2 aromatic rings. The average Bonchev–Trinajstić information content (AvgIpc) is 3.08. The van der Waals surface area contributed by atoms with E-state index in [9.17, 15) is 0 Å². The zero-order valence-electron chi connectivity index (χ0n) is 12.3. The van der Waals surface area contributed by atoms with E-state index in [-0.39, 0.29) is 6.04 Å². The van der Waals surface area contributed by atoms with E-state index in [1.807, 2.05) is 0 Å². The summed E-state index contributed by atoms with van der Waals surface area (Å²) in [6.07, 6.45) is 7.62. The number of hydrogen-bond acceptors (Lipinski definition) is 1. The van der Waals surface area contributed by atoms with Gasteiger partial charge < -0.3 is 5.73 Å². The van der Waals surface area contributed by atoms with Crippen molar-refractivity contribution in [2.45, 2.75) is 51.5 Å². The van der Waals surface area contributed by atoms with E-state index >= 15 is 0 Å². The molecule has 1 nitrogen and oxygen atoms in total. The molecule has 2 aliphatic rings. The first-order chi connectivity index (χ1) is 9.69. The molecule has 2 N–H and O–H groups in total. The standard InChI is InChI=1S/C19H23N/c1-19(11-2-3-12-19)18(20)16-10-9-14-8-7-13-5-4-6-15(16)17(13)14/h4-6,9-10,18H,2-3,7-8,11-12,20H2,1H3. The lowest BCUT2D eigenvalue weighted by atomic mass is 9.76. The van der Waals surface area contributed by atoms with E-state index in [4.69, 9.17) is 5.73 Å². The summed E-state index contributed by atoms with van der Waals surface area (Å²) in [5.41, 5.74) is 11.4. The number of hydrogen-bond donors (Lipinski definition) is 1.